The summed E-state index contributed by atoms with van der Waals surface area (Å²) in [5.41, 5.74) is 0. The van der Waals surface area contributed by atoms with E-state index in [-0.39, 0.29) is 5.97 Å². The molecule has 0 aromatic rings. The predicted molar refractivity (Wildman–Crippen MR) is 51.5 cm³/mol. The van der Waals surface area contributed by atoms with E-state index in [1.54, 1.807) is 0 Å². The smallest absolute Gasteiger partial charge is 0.320 e. The number of carbonyl (C=O) groups excluding carboxylic acids is 1. The van der Waals surface area contributed by atoms with Gasteiger partial charge in [-0.25, -0.2) is 0 Å². The van der Waals surface area contributed by atoms with E-state index in [0.717, 1.165) is 6.54 Å². The van der Waals surface area contributed by atoms with Gasteiger partial charge in [0.05, 0.1) is 13.2 Å². The number of rotatable bonds is 3. The Labute approximate surface area is 80.1 Å². The van der Waals surface area contributed by atoms with E-state index in [2.05, 4.69) is 11.8 Å². The van der Waals surface area contributed by atoms with Crippen molar-refractivity contribution in [1.29, 1.82) is 0 Å². The van der Waals surface area contributed by atoms with Crippen molar-refractivity contribution in [2.75, 3.05) is 19.7 Å². The number of hydrogen-bond donors (Lipinski definition) is 0. The van der Waals surface area contributed by atoms with Crippen LogP contribution in [0.5, 0.6) is 0 Å². The van der Waals surface area contributed by atoms with Crippen LogP contribution in [0.3, 0.4) is 0 Å². The molecule has 1 aliphatic heterocycles. The van der Waals surface area contributed by atoms with Crippen molar-refractivity contribution < 1.29 is 9.53 Å². The highest BCUT2D eigenvalue weighted by atomic mass is 16.5. The molecule has 13 heavy (non-hydrogen) atoms. The van der Waals surface area contributed by atoms with Gasteiger partial charge in [0.15, 0.2) is 0 Å². The Bertz CT molecular complexity index is 170. The zero-order valence-corrected chi connectivity index (χ0v) is 8.58. The number of esters is 1. The van der Waals surface area contributed by atoms with E-state index >= 15 is 0 Å². The fourth-order valence-corrected chi connectivity index (χ4v) is 1.76. The van der Waals surface area contributed by atoms with Crippen molar-refractivity contribution in [3.63, 3.8) is 0 Å². The average molecular weight is 185 g/mol. The summed E-state index contributed by atoms with van der Waals surface area (Å²) in [6.45, 7) is 6.02. The third-order valence-electron chi connectivity index (χ3n) is 2.58. The first kappa shape index (κ1) is 10.5. The number of nitrogens with zero attached hydrogens (tertiary/aromatic N) is 1. The van der Waals surface area contributed by atoms with Crippen LogP contribution in [0.15, 0.2) is 0 Å². The molecule has 0 aliphatic carbocycles. The van der Waals surface area contributed by atoms with E-state index in [1.807, 2.05) is 6.92 Å². The number of carbonyl (C=O) groups is 1. The lowest BCUT2D eigenvalue weighted by atomic mass is 10.0. The monoisotopic (exact) mass is 185 g/mol. The van der Waals surface area contributed by atoms with Crippen molar-refractivity contribution in [2.45, 2.75) is 39.2 Å². The van der Waals surface area contributed by atoms with E-state index in [1.165, 1.54) is 19.3 Å². The third kappa shape index (κ3) is 3.35. The Morgan fingerprint density at radius 1 is 1.54 bits per heavy atom. The normalized spacial score (nSPS) is 24.3. The summed E-state index contributed by atoms with van der Waals surface area (Å²) in [5, 5.41) is 0. The summed E-state index contributed by atoms with van der Waals surface area (Å²) in [7, 11) is 0. The minimum Gasteiger partial charge on any atom is -0.465 e. The van der Waals surface area contributed by atoms with Gasteiger partial charge in [-0.1, -0.05) is 6.42 Å². The largest absolute Gasteiger partial charge is 0.465 e. The lowest BCUT2D eigenvalue weighted by molar-refractivity contribution is -0.145. The van der Waals surface area contributed by atoms with Crippen LogP contribution in [-0.4, -0.2) is 36.6 Å². The van der Waals surface area contributed by atoms with Crippen LogP contribution in [0, 0.1) is 0 Å². The molecule has 0 radical (unpaired) electrons. The zero-order chi connectivity index (χ0) is 9.68. The van der Waals surface area contributed by atoms with Gasteiger partial charge in [-0.05, 0) is 33.2 Å². The van der Waals surface area contributed by atoms with Gasteiger partial charge < -0.3 is 4.74 Å². The Hall–Kier alpha value is -0.570. The van der Waals surface area contributed by atoms with Crippen molar-refractivity contribution in [1.82, 2.24) is 4.90 Å². The lowest BCUT2D eigenvalue weighted by Crippen LogP contribution is -2.41. The second-order valence-electron chi connectivity index (χ2n) is 3.62. The summed E-state index contributed by atoms with van der Waals surface area (Å²) in [6.07, 6.45) is 3.71. The second-order valence-corrected chi connectivity index (χ2v) is 3.62. The topological polar surface area (TPSA) is 29.5 Å². The van der Waals surface area contributed by atoms with E-state index in [9.17, 15) is 4.79 Å². The Morgan fingerprint density at radius 3 is 2.92 bits per heavy atom. The molecule has 0 spiro atoms. The molecule has 1 atom stereocenters. The van der Waals surface area contributed by atoms with Gasteiger partial charge >= 0.3 is 5.97 Å². The second kappa shape index (κ2) is 5.22. The molecule has 0 bridgehead atoms. The molecule has 3 heteroatoms. The summed E-state index contributed by atoms with van der Waals surface area (Å²) in [6, 6.07) is 0.540. The molecule has 1 aliphatic rings. The Kier molecular flexibility index (Phi) is 4.22. The molecule has 0 N–H and O–H groups in total. The first-order valence-corrected chi connectivity index (χ1v) is 5.13. The summed E-state index contributed by atoms with van der Waals surface area (Å²) in [5.74, 6) is -0.0868. The molecule has 1 fully saturated rings. The van der Waals surface area contributed by atoms with Crippen LogP contribution in [0.2, 0.25) is 0 Å². The number of ether oxygens (including phenoxy) is 1. The van der Waals surface area contributed by atoms with Gasteiger partial charge in [0.25, 0.3) is 0 Å². The zero-order valence-electron chi connectivity index (χ0n) is 8.58. The molecular formula is C10H19NO2. The quantitative estimate of drug-likeness (QED) is 0.623. The standard InChI is InChI=1S/C10H19NO2/c1-3-13-10(12)8-11-7-5-4-6-9(11)2/h9H,3-8H2,1-2H3. The summed E-state index contributed by atoms with van der Waals surface area (Å²) >= 11 is 0. The highest BCUT2D eigenvalue weighted by Crippen LogP contribution is 2.15. The minimum atomic E-state index is -0.0868. The molecule has 1 unspecified atom stereocenters. The van der Waals surface area contributed by atoms with Gasteiger partial charge in [0, 0.05) is 6.04 Å². The van der Waals surface area contributed by atoms with Crippen LogP contribution in [0.25, 0.3) is 0 Å². The fraction of sp³-hybridized carbons (Fsp3) is 0.900. The number of likely N-dealkylation sites (tertiary alicyclic amines) is 1. The Morgan fingerprint density at radius 2 is 2.31 bits per heavy atom. The summed E-state index contributed by atoms with van der Waals surface area (Å²) in [4.78, 5) is 13.4. The SMILES string of the molecule is CCOC(=O)CN1CCCCC1C. The molecule has 1 heterocycles. The first-order chi connectivity index (χ1) is 6.24. The van der Waals surface area contributed by atoms with Crippen molar-refractivity contribution in [3.05, 3.63) is 0 Å². The molecule has 3 nitrogen and oxygen atoms in total. The lowest BCUT2D eigenvalue weighted by Gasteiger charge is -2.32. The van der Waals surface area contributed by atoms with Gasteiger partial charge in [-0.2, -0.15) is 0 Å². The average Bonchev–Trinajstić information content (AvgIpc) is 2.09. The molecular weight excluding hydrogens is 166 g/mol. The number of hydrogen-bond acceptors (Lipinski definition) is 3. The van der Waals surface area contributed by atoms with Gasteiger partial charge in [-0.3, -0.25) is 9.69 Å². The first-order valence-electron chi connectivity index (χ1n) is 5.13. The molecule has 0 aromatic heterocycles. The van der Waals surface area contributed by atoms with Crippen LogP contribution < -0.4 is 0 Å². The van der Waals surface area contributed by atoms with Crippen LogP contribution in [0.1, 0.15) is 33.1 Å². The van der Waals surface area contributed by atoms with Crippen molar-refractivity contribution in [2.24, 2.45) is 0 Å². The Balaban J connectivity index is 2.29. The molecule has 0 amide bonds. The maximum Gasteiger partial charge on any atom is 0.320 e. The highest BCUT2D eigenvalue weighted by Gasteiger charge is 2.20. The minimum absolute atomic E-state index is 0.0868. The molecule has 0 aromatic carbocycles. The molecule has 1 rings (SSSR count). The van der Waals surface area contributed by atoms with Crippen molar-refractivity contribution >= 4 is 5.97 Å². The van der Waals surface area contributed by atoms with E-state index in [0.29, 0.717) is 19.2 Å². The number of piperidine rings is 1. The van der Waals surface area contributed by atoms with Gasteiger partial charge in [-0.15, -0.1) is 0 Å². The molecule has 0 saturated carbocycles. The van der Waals surface area contributed by atoms with Crippen LogP contribution >= 0.6 is 0 Å². The van der Waals surface area contributed by atoms with Crippen LogP contribution in [-0.2, 0) is 9.53 Å². The molecule has 76 valence electrons. The van der Waals surface area contributed by atoms with Crippen molar-refractivity contribution in [3.8, 4) is 0 Å². The maximum atomic E-state index is 11.2. The third-order valence-corrected chi connectivity index (χ3v) is 2.58. The fourth-order valence-electron chi connectivity index (χ4n) is 1.76. The maximum absolute atomic E-state index is 11.2. The molecule has 1 saturated heterocycles. The predicted octanol–water partition coefficient (Wildman–Crippen LogP) is 1.42. The van der Waals surface area contributed by atoms with Gasteiger partial charge in [0.2, 0.25) is 0 Å². The van der Waals surface area contributed by atoms with E-state index < -0.39 is 0 Å². The van der Waals surface area contributed by atoms with Gasteiger partial charge in [0.1, 0.15) is 0 Å². The van der Waals surface area contributed by atoms with E-state index in [4.69, 9.17) is 4.74 Å². The summed E-state index contributed by atoms with van der Waals surface area (Å²) < 4.78 is 4.91. The van der Waals surface area contributed by atoms with Crippen LogP contribution in [0.4, 0.5) is 0 Å². The highest BCUT2D eigenvalue weighted by molar-refractivity contribution is 5.71.